The molecule has 134 valence electrons. The lowest BCUT2D eigenvalue weighted by Gasteiger charge is -2.38. The third-order valence-corrected chi connectivity index (χ3v) is 4.84. The number of hydrogen-bond donors (Lipinski definition) is 1. The Balaban J connectivity index is 1.91. The summed E-state index contributed by atoms with van der Waals surface area (Å²) in [5.74, 6) is 1.16. The molecule has 4 nitrogen and oxygen atoms in total. The van der Waals surface area contributed by atoms with E-state index in [9.17, 15) is 9.18 Å². The molecule has 26 heavy (non-hydrogen) atoms. The first-order valence-electron chi connectivity index (χ1n) is 8.66. The molecule has 1 heterocycles. The molecule has 2 aromatic rings. The highest BCUT2D eigenvalue weighted by Gasteiger charge is 2.43. The van der Waals surface area contributed by atoms with Crippen molar-refractivity contribution in [2.24, 2.45) is 11.7 Å². The number of rotatable bonds is 3. The first-order valence-corrected chi connectivity index (χ1v) is 8.66. The Morgan fingerprint density at radius 2 is 1.88 bits per heavy atom. The molecular weight excluding hydrogens is 333 g/mol. The normalized spacial score (nSPS) is 18.1. The molecule has 1 aliphatic heterocycles. The highest BCUT2D eigenvalue weighted by atomic mass is 19.1. The zero-order valence-corrected chi connectivity index (χ0v) is 14.7. The zero-order valence-electron chi connectivity index (χ0n) is 14.7. The van der Waals surface area contributed by atoms with E-state index in [2.05, 4.69) is 0 Å². The quantitative estimate of drug-likeness (QED) is 0.872. The minimum Gasteiger partial charge on any atom is -0.483 e. The third-order valence-electron chi connectivity index (χ3n) is 4.84. The number of benzene rings is 2. The summed E-state index contributed by atoms with van der Waals surface area (Å²) in [5, 5.41) is 0. The molecule has 1 amide bonds. The van der Waals surface area contributed by atoms with Crippen LogP contribution >= 0.6 is 0 Å². The molecule has 2 aliphatic rings. The van der Waals surface area contributed by atoms with Gasteiger partial charge >= 0.3 is 6.09 Å². The van der Waals surface area contributed by atoms with Gasteiger partial charge in [-0.1, -0.05) is 12.1 Å². The highest BCUT2D eigenvalue weighted by Crippen LogP contribution is 2.53. The minimum atomic E-state index is -0.868. The molecule has 4 rings (SSSR count). The first-order chi connectivity index (χ1) is 12.3. The van der Waals surface area contributed by atoms with Crippen LogP contribution in [-0.2, 0) is 0 Å². The van der Waals surface area contributed by atoms with Crippen LogP contribution in [-0.4, -0.2) is 11.7 Å². The molecule has 0 atom stereocenters. The van der Waals surface area contributed by atoms with Gasteiger partial charge in [0.15, 0.2) is 0 Å². The number of fused-ring (bicyclic) bond motifs is 1. The van der Waals surface area contributed by atoms with Gasteiger partial charge in [-0.15, -0.1) is 0 Å². The van der Waals surface area contributed by atoms with Crippen molar-refractivity contribution in [2.75, 3.05) is 0 Å². The van der Waals surface area contributed by atoms with Crippen molar-refractivity contribution in [1.82, 2.24) is 0 Å². The summed E-state index contributed by atoms with van der Waals surface area (Å²) < 4.78 is 24.7. The Morgan fingerprint density at radius 3 is 2.50 bits per heavy atom. The summed E-state index contributed by atoms with van der Waals surface area (Å²) in [5.41, 5.74) is 8.77. The number of carbonyl (C=O) groups is 1. The molecule has 1 saturated carbocycles. The van der Waals surface area contributed by atoms with Gasteiger partial charge in [0.1, 0.15) is 22.9 Å². The maximum absolute atomic E-state index is 13.4. The second kappa shape index (κ2) is 5.87. The van der Waals surface area contributed by atoms with E-state index in [1.165, 1.54) is 17.7 Å². The third kappa shape index (κ3) is 2.94. The van der Waals surface area contributed by atoms with Crippen LogP contribution in [0.5, 0.6) is 11.5 Å². The van der Waals surface area contributed by atoms with E-state index in [4.69, 9.17) is 15.2 Å². The second-order valence-corrected chi connectivity index (χ2v) is 7.26. The molecule has 1 fully saturated rings. The van der Waals surface area contributed by atoms with Gasteiger partial charge in [0, 0.05) is 11.6 Å². The Bertz CT molecular complexity index is 911. The average molecular weight is 353 g/mol. The van der Waals surface area contributed by atoms with Crippen LogP contribution in [0.4, 0.5) is 9.18 Å². The number of amides is 1. The molecule has 0 radical (unpaired) electrons. The standard InChI is InChI=1S/C21H20FNO3/c1-21(2)19(13-3-4-13)18(12-5-7-14(22)8-6-12)16-10-9-15(25-20(23)24)11-17(16)26-21/h5-11,13H,3-4H2,1-2H3,(H2,23,24). The zero-order chi connectivity index (χ0) is 18.5. The molecule has 0 unspecified atom stereocenters. The average Bonchev–Trinajstić information content (AvgIpc) is 3.37. The van der Waals surface area contributed by atoms with Gasteiger partial charge in [-0.25, -0.2) is 9.18 Å². The maximum Gasteiger partial charge on any atom is 0.409 e. The van der Waals surface area contributed by atoms with E-state index in [0.717, 1.165) is 29.5 Å². The van der Waals surface area contributed by atoms with Crippen LogP contribution in [0.25, 0.3) is 5.57 Å². The van der Waals surface area contributed by atoms with Gasteiger partial charge < -0.3 is 15.2 Å². The Morgan fingerprint density at radius 1 is 1.19 bits per heavy atom. The van der Waals surface area contributed by atoms with Gasteiger partial charge in [-0.3, -0.25) is 0 Å². The van der Waals surface area contributed by atoms with Crippen LogP contribution in [0.1, 0.15) is 37.8 Å². The predicted molar refractivity (Wildman–Crippen MR) is 96.5 cm³/mol. The van der Waals surface area contributed by atoms with Gasteiger partial charge in [-0.05, 0) is 73.6 Å². The van der Waals surface area contributed by atoms with Crippen molar-refractivity contribution in [2.45, 2.75) is 32.3 Å². The van der Waals surface area contributed by atoms with E-state index < -0.39 is 11.7 Å². The summed E-state index contributed by atoms with van der Waals surface area (Å²) in [4.78, 5) is 11.0. The molecule has 0 aromatic heterocycles. The minimum absolute atomic E-state index is 0.265. The number of hydrogen-bond acceptors (Lipinski definition) is 3. The van der Waals surface area contributed by atoms with E-state index in [0.29, 0.717) is 17.4 Å². The molecule has 2 aromatic carbocycles. The topological polar surface area (TPSA) is 61.6 Å². The van der Waals surface area contributed by atoms with Crippen molar-refractivity contribution in [1.29, 1.82) is 0 Å². The highest BCUT2D eigenvalue weighted by molar-refractivity contribution is 5.88. The fourth-order valence-electron chi connectivity index (χ4n) is 3.74. The first kappa shape index (κ1) is 16.6. The van der Waals surface area contributed by atoms with E-state index in [-0.39, 0.29) is 5.82 Å². The van der Waals surface area contributed by atoms with Crippen molar-refractivity contribution in [3.8, 4) is 11.5 Å². The fraction of sp³-hybridized carbons (Fsp3) is 0.286. The summed E-state index contributed by atoms with van der Waals surface area (Å²) in [6.07, 6.45) is 1.39. The smallest absolute Gasteiger partial charge is 0.409 e. The van der Waals surface area contributed by atoms with Gasteiger partial charge in [0.25, 0.3) is 0 Å². The number of carbonyl (C=O) groups excluding carboxylic acids is 1. The molecule has 0 saturated heterocycles. The lowest BCUT2D eigenvalue weighted by atomic mass is 9.80. The van der Waals surface area contributed by atoms with E-state index >= 15 is 0 Å². The monoisotopic (exact) mass is 353 g/mol. The van der Waals surface area contributed by atoms with Crippen molar-refractivity contribution in [3.63, 3.8) is 0 Å². The number of ether oxygens (including phenoxy) is 2. The van der Waals surface area contributed by atoms with Gasteiger partial charge in [0.2, 0.25) is 0 Å². The number of halogens is 1. The van der Waals surface area contributed by atoms with Gasteiger partial charge in [-0.2, -0.15) is 0 Å². The summed E-state index contributed by atoms with van der Waals surface area (Å²) in [6.45, 7) is 4.07. The van der Waals surface area contributed by atoms with Gasteiger partial charge in [0.05, 0.1) is 0 Å². The Labute approximate surface area is 151 Å². The molecular formula is C21H20FNO3. The molecule has 0 bridgehead atoms. The molecule has 1 aliphatic carbocycles. The van der Waals surface area contributed by atoms with Crippen molar-refractivity contribution < 1.29 is 18.7 Å². The summed E-state index contributed by atoms with van der Waals surface area (Å²) in [7, 11) is 0. The SMILES string of the molecule is CC1(C)Oc2cc(OC(N)=O)ccc2C(c2ccc(F)cc2)=C1C1CC1. The molecule has 2 N–H and O–H groups in total. The second-order valence-electron chi connectivity index (χ2n) is 7.26. The van der Waals surface area contributed by atoms with Crippen LogP contribution in [0.3, 0.4) is 0 Å². The molecule has 5 heteroatoms. The van der Waals surface area contributed by atoms with E-state index in [1.807, 2.05) is 19.9 Å². The Hall–Kier alpha value is -2.82. The molecule has 0 spiro atoms. The lowest BCUT2D eigenvalue weighted by molar-refractivity contribution is 0.138. The maximum atomic E-state index is 13.4. The van der Waals surface area contributed by atoms with E-state index in [1.54, 1.807) is 24.3 Å². The van der Waals surface area contributed by atoms with Crippen LogP contribution in [0.2, 0.25) is 0 Å². The lowest BCUT2D eigenvalue weighted by Crippen LogP contribution is -2.36. The van der Waals surface area contributed by atoms with Crippen molar-refractivity contribution >= 4 is 11.7 Å². The van der Waals surface area contributed by atoms with Crippen LogP contribution in [0.15, 0.2) is 48.0 Å². The number of nitrogens with two attached hydrogens (primary N) is 1. The summed E-state index contributed by atoms with van der Waals surface area (Å²) in [6, 6.07) is 11.8. The Kier molecular flexibility index (Phi) is 3.75. The fourth-order valence-corrected chi connectivity index (χ4v) is 3.74. The summed E-state index contributed by atoms with van der Waals surface area (Å²) >= 11 is 0. The number of primary amides is 1. The predicted octanol–water partition coefficient (Wildman–Crippen LogP) is 4.67. The largest absolute Gasteiger partial charge is 0.483 e. The van der Waals surface area contributed by atoms with Crippen molar-refractivity contribution in [3.05, 3.63) is 65.0 Å². The van der Waals surface area contributed by atoms with Crippen LogP contribution in [0, 0.1) is 11.7 Å². The van der Waals surface area contributed by atoms with Crippen LogP contribution < -0.4 is 15.2 Å².